The van der Waals surface area contributed by atoms with E-state index >= 15 is 0 Å². The molecule has 0 fully saturated rings. The monoisotopic (exact) mass is 351 g/mol. The molecule has 0 unspecified atom stereocenters. The Kier molecular flexibility index (Phi) is 6.04. The van der Waals surface area contributed by atoms with Gasteiger partial charge in [-0.3, -0.25) is 4.79 Å². The summed E-state index contributed by atoms with van der Waals surface area (Å²) in [5, 5.41) is 2.96. The van der Waals surface area contributed by atoms with E-state index in [1.807, 2.05) is 13.8 Å². The molecule has 0 saturated carbocycles. The first-order valence-corrected chi connectivity index (χ1v) is 8.00. The molecule has 6 heteroatoms. The molecule has 0 heterocycles. The lowest BCUT2D eigenvalue weighted by Crippen LogP contribution is -2.13. The molecule has 0 aliphatic heterocycles. The average Bonchev–Trinajstić information content (AvgIpc) is 2.54. The molecular formula is C18H19ClFNO3. The van der Waals surface area contributed by atoms with Gasteiger partial charge in [0, 0.05) is 11.3 Å². The third-order valence-corrected chi connectivity index (χ3v) is 3.59. The van der Waals surface area contributed by atoms with E-state index in [1.165, 1.54) is 18.2 Å². The van der Waals surface area contributed by atoms with Crippen LogP contribution in [0.25, 0.3) is 0 Å². The van der Waals surface area contributed by atoms with Gasteiger partial charge in [-0.25, -0.2) is 4.39 Å². The van der Waals surface area contributed by atoms with Gasteiger partial charge in [-0.1, -0.05) is 17.7 Å². The highest BCUT2D eigenvalue weighted by molar-refractivity contribution is 6.32. The van der Waals surface area contributed by atoms with Gasteiger partial charge in [0.2, 0.25) is 0 Å². The number of hydrogen-bond acceptors (Lipinski definition) is 3. The maximum absolute atomic E-state index is 13.4. The number of aryl methyl sites for hydroxylation is 1. The van der Waals surface area contributed by atoms with Crippen molar-refractivity contribution in [1.29, 1.82) is 0 Å². The largest absolute Gasteiger partial charge is 0.490 e. The number of carbonyl (C=O) groups is 1. The number of amides is 1. The fourth-order valence-corrected chi connectivity index (χ4v) is 2.44. The Balaban J connectivity index is 2.33. The summed E-state index contributed by atoms with van der Waals surface area (Å²) >= 11 is 6.21. The summed E-state index contributed by atoms with van der Waals surface area (Å²) in [6.07, 6.45) is 0. The third-order valence-electron chi connectivity index (χ3n) is 3.31. The molecule has 2 aromatic rings. The van der Waals surface area contributed by atoms with Crippen molar-refractivity contribution < 1.29 is 18.7 Å². The molecule has 2 aromatic carbocycles. The Hall–Kier alpha value is -2.27. The second-order valence-electron chi connectivity index (χ2n) is 5.06. The van der Waals surface area contributed by atoms with Gasteiger partial charge in [0.15, 0.2) is 11.5 Å². The minimum Gasteiger partial charge on any atom is -0.490 e. The first kappa shape index (κ1) is 18.1. The van der Waals surface area contributed by atoms with E-state index in [1.54, 1.807) is 19.1 Å². The van der Waals surface area contributed by atoms with Crippen LogP contribution in [0.5, 0.6) is 11.5 Å². The standard InChI is InChI=1S/C18H19ClFNO3/c1-4-23-16-9-12(8-14(19)17(16)24-5-2)18(22)21-15-10-13(20)7-6-11(15)3/h6-10H,4-5H2,1-3H3,(H,21,22). The van der Waals surface area contributed by atoms with Crippen LogP contribution in [0, 0.1) is 12.7 Å². The molecule has 4 nitrogen and oxygen atoms in total. The van der Waals surface area contributed by atoms with E-state index in [0.717, 1.165) is 5.56 Å². The molecule has 1 amide bonds. The average molecular weight is 352 g/mol. The van der Waals surface area contributed by atoms with E-state index in [2.05, 4.69) is 5.32 Å². The van der Waals surface area contributed by atoms with Gasteiger partial charge in [0.05, 0.1) is 18.2 Å². The Morgan fingerprint density at radius 2 is 1.88 bits per heavy atom. The van der Waals surface area contributed by atoms with Gasteiger partial charge < -0.3 is 14.8 Å². The second kappa shape index (κ2) is 8.02. The summed E-state index contributed by atoms with van der Waals surface area (Å²) in [5.41, 5.74) is 1.46. The zero-order valence-electron chi connectivity index (χ0n) is 13.8. The topological polar surface area (TPSA) is 47.6 Å². The minimum atomic E-state index is -0.421. The zero-order valence-corrected chi connectivity index (χ0v) is 14.5. The van der Waals surface area contributed by atoms with Crippen LogP contribution >= 0.6 is 11.6 Å². The molecule has 128 valence electrons. The van der Waals surface area contributed by atoms with Gasteiger partial charge in [0.1, 0.15) is 5.82 Å². The van der Waals surface area contributed by atoms with Crippen LogP contribution in [0.1, 0.15) is 29.8 Å². The van der Waals surface area contributed by atoms with E-state index in [-0.39, 0.29) is 5.02 Å². The molecular weight excluding hydrogens is 333 g/mol. The van der Waals surface area contributed by atoms with Crippen molar-refractivity contribution in [1.82, 2.24) is 0 Å². The number of nitrogens with one attached hydrogen (secondary N) is 1. The molecule has 2 rings (SSSR count). The minimum absolute atomic E-state index is 0.281. The van der Waals surface area contributed by atoms with Crippen molar-refractivity contribution in [3.8, 4) is 11.5 Å². The van der Waals surface area contributed by atoms with Crippen molar-refractivity contribution >= 4 is 23.2 Å². The number of ether oxygens (including phenoxy) is 2. The molecule has 24 heavy (non-hydrogen) atoms. The molecule has 0 radical (unpaired) electrons. The number of hydrogen-bond donors (Lipinski definition) is 1. The maximum Gasteiger partial charge on any atom is 0.255 e. The van der Waals surface area contributed by atoms with Crippen LogP contribution in [-0.4, -0.2) is 19.1 Å². The second-order valence-corrected chi connectivity index (χ2v) is 5.47. The molecule has 0 atom stereocenters. The fraction of sp³-hybridized carbons (Fsp3) is 0.278. The summed E-state index contributed by atoms with van der Waals surface area (Å²) in [6.45, 7) is 6.27. The highest BCUT2D eigenvalue weighted by Crippen LogP contribution is 2.37. The number of benzene rings is 2. The van der Waals surface area contributed by atoms with Crippen LogP contribution in [0.3, 0.4) is 0 Å². The summed E-state index contributed by atoms with van der Waals surface area (Å²) < 4.78 is 24.3. The van der Waals surface area contributed by atoms with Crippen LogP contribution in [0.4, 0.5) is 10.1 Å². The highest BCUT2D eigenvalue weighted by Gasteiger charge is 2.17. The fourth-order valence-electron chi connectivity index (χ4n) is 2.17. The van der Waals surface area contributed by atoms with E-state index in [4.69, 9.17) is 21.1 Å². The SMILES string of the molecule is CCOc1cc(C(=O)Nc2cc(F)ccc2C)cc(Cl)c1OCC. The maximum atomic E-state index is 13.4. The van der Waals surface area contributed by atoms with Gasteiger partial charge in [-0.15, -0.1) is 0 Å². The molecule has 0 spiro atoms. The van der Waals surface area contributed by atoms with Crippen LogP contribution in [0.2, 0.25) is 5.02 Å². The summed E-state index contributed by atoms with van der Waals surface area (Å²) in [4.78, 5) is 12.5. The van der Waals surface area contributed by atoms with Crippen molar-refractivity contribution in [2.24, 2.45) is 0 Å². The lowest BCUT2D eigenvalue weighted by molar-refractivity contribution is 0.102. The van der Waals surface area contributed by atoms with Crippen molar-refractivity contribution in [3.63, 3.8) is 0 Å². The Labute approximate surface area is 145 Å². The van der Waals surface area contributed by atoms with Crippen LogP contribution in [-0.2, 0) is 0 Å². The molecule has 1 N–H and O–H groups in total. The smallest absolute Gasteiger partial charge is 0.255 e. The Morgan fingerprint density at radius 3 is 2.54 bits per heavy atom. The van der Waals surface area contributed by atoms with Gasteiger partial charge >= 0.3 is 0 Å². The van der Waals surface area contributed by atoms with Crippen molar-refractivity contribution in [2.75, 3.05) is 18.5 Å². The normalized spacial score (nSPS) is 10.4. The van der Waals surface area contributed by atoms with E-state index in [9.17, 15) is 9.18 Å². The Morgan fingerprint density at radius 1 is 1.17 bits per heavy atom. The van der Waals surface area contributed by atoms with Crippen molar-refractivity contribution in [3.05, 3.63) is 52.3 Å². The highest BCUT2D eigenvalue weighted by atomic mass is 35.5. The Bertz CT molecular complexity index is 749. The molecule has 0 aromatic heterocycles. The van der Waals surface area contributed by atoms with Crippen molar-refractivity contribution in [2.45, 2.75) is 20.8 Å². The number of anilines is 1. The number of carbonyl (C=O) groups excluding carboxylic acids is 1. The molecule has 0 bridgehead atoms. The lowest BCUT2D eigenvalue weighted by Gasteiger charge is -2.15. The predicted molar refractivity (Wildman–Crippen MR) is 92.9 cm³/mol. The van der Waals surface area contributed by atoms with Gasteiger partial charge in [-0.05, 0) is 50.6 Å². The lowest BCUT2D eigenvalue weighted by atomic mass is 10.1. The van der Waals surface area contributed by atoms with E-state index < -0.39 is 11.7 Å². The third kappa shape index (κ3) is 4.17. The van der Waals surface area contributed by atoms with Gasteiger partial charge in [0.25, 0.3) is 5.91 Å². The molecule has 0 aliphatic rings. The first-order chi connectivity index (χ1) is 11.5. The summed E-state index contributed by atoms with van der Waals surface area (Å²) in [5.74, 6) is -0.0299. The summed E-state index contributed by atoms with van der Waals surface area (Å²) in [6, 6.07) is 7.27. The van der Waals surface area contributed by atoms with E-state index in [0.29, 0.717) is 36.0 Å². The molecule has 0 saturated heterocycles. The predicted octanol–water partition coefficient (Wildman–Crippen LogP) is 4.84. The van der Waals surface area contributed by atoms with Crippen LogP contribution < -0.4 is 14.8 Å². The zero-order chi connectivity index (χ0) is 17.7. The summed E-state index contributed by atoms with van der Waals surface area (Å²) in [7, 11) is 0. The number of halogens is 2. The molecule has 0 aliphatic carbocycles. The van der Waals surface area contributed by atoms with Crippen LogP contribution in [0.15, 0.2) is 30.3 Å². The quantitative estimate of drug-likeness (QED) is 0.810. The number of rotatable bonds is 6. The first-order valence-electron chi connectivity index (χ1n) is 7.62. The van der Waals surface area contributed by atoms with Gasteiger partial charge in [-0.2, -0.15) is 0 Å².